The molecule has 1 amide bonds. The number of nitrogens with one attached hydrogen (secondary N) is 1. The summed E-state index contributed by atoms with van der Waals surface area (Å²) in [6.07, 6.45) is 0.620. The van der Waals surface area contributed by atoms with Gasteiger partial charge in [0.2, 0.25) is 5.91 Å². The Bertz CT molecular complexity index is 399. The normalized spacial score (nSPS) is 9.73. The van der Waals surface area contributed by atoms with Crippen molar-refractivity contribution in [2.45, 2.75) is 20.3 Å². The minimum absolute atomic E-state index is 0.167. The van der Waals surface area contributed by atoms with Gasteiger partial charge in [-0.05, 0) is 30.2 Å². The lowest BCUT2D eigenvalue weighted by Crippen LogP contribution is -2.08. The molecule has 1 aromatic carbocycles. The van der Waals surface area contributed by atoms with Gasteiger partial charge in [-0.3, -0.25) is 4.79 Å². The Balaban J connectivity index is 3.07. The molecule has 1 aromatic rings. The van der Waals surface area contributed by atoms with Crippen LogP contribution in [-0.2, 0) is 11.2 Å². The number of hydrogen-bond acceptors (Lipinski definition) is 2. The molecule has 0 atom stereocenters. The molecule has 0 heterocycles. The van der Waals surface area contributed by atoms with Crippen molar-refractivity contribution in [3.05, 3.63) is 29.3 Å². The summed E-state index contributed by atoms with van der Waals surface area (Å²) >= 11 is 0. The van der Waals surface area contributed by atoms with Crippen molar-refractivity contribution in [3.63, 3.8) is 0 Å². The van der Waals surface area contributed by atoms with Crippen LogP contribution in [0.4, 0.5) is 5.69 Å². The first kappa shape index (κ1) is 11.2. The molecule has 0 fully saturated rings. The largest absolute Gasteiger partial charge is 0.478 e. The van der Waals surface area contributed by atoms with Crippen molar-refractivity contribution in [1.29, 1.82) is 0 Å². The molecule has 15 heavy (non-hydrogen) atoms. The van der Waals surface area contributed by atoms with E-state index in [1.165, 1.54) is 13.0 Å². The second-order valence-corrected chi connectivity index (χ2v) is 3.21. The molecule has 80 valence electrons. The third kappa shape index (κ3) is 2.80. The van der Waals surface area contributed by atoms with Crippen LogP contribution in [-0.4, -0.2) is 17.0 Å². The van der Waals surface area contributed by atoms with E-state index in [4.69, 9.17) is 5.11 Å². The zero-order chi connectivity index (χ0) is 11.4. The van der Waals surface area contributed by atoms with E-state index in [-0.39, 0.29) is 11.5 Å². The van der Waals surface area contributed by atoms with Gasteiger partial charge in [0.25, 0.3) is 0 Å². The van der Waals surface area contributed by atoms with Crippen LogP contribution in [0.1, 0.15) is 29.8 Å². The second kappa shape index (κ2) is 4.59. The van der Waals surface area contributed by atoms with E-state index in [1.54, 1.807) is 12.1 Å². The SMILES string of the molecule is CCc1cc(NC(C)=O)ccc1C(=O)O. The Hall–Kier alpha value is -1.84. The lowest BCUT2D eigenvalue weighted by atomic mass is 10.0. The first-order valence-electron chi connectivity index (χ1n) is 4.68. The summed E-state index contributed by atoms with van der Waals surface area (Å²) < 4.78 is 0. The molecule has 0 saturated carbocycles. The summed E-state index contributed by atoms with van der Waals surface area (Å²) in [5, 5.41) is 11.5. The second-order valence-electron chi connectivity index (χ2n) is 3.21. The lowest BCUT2D eigenvalue weighted by Gasteiger charge is -2.07. The van der Waals surface area contributed by atoms with Crippen LogP contribution in [0.15, 0.2) is 18.2 Å². The third-order valence-corrected chi connectivity index (χ3v) is 2.04. The molecular formula is C11H13NO3. The highest BCUT2D eigenvalue weighted by Crippen LogP contribution is 2.16. The minimum atomic E-state index is -0.943. The molecule has 4 heteroatoms. The van der Waals surface area contributed by atoms with Gasteiger partial charge in [0.1, 0.15) is 0 Å². The number of amides is 1. The summed E-state index contributed by atoms with van der Waals surface area (Å²) in [5.74, 6) is -1.11. The van der Waals surface area contributed by atoms with Crippen molar-refractivity contribution in [3.8, 4) is 0 Å². The fourth-order valence-corrected chi connectivity index (χ4v) is 1.38. The standard InChI is InChI=1S/C11H13NO3/c1-3-8-6-9(12-7(2)13)4-5-10(8)11(14)15/h4-6H,3H2,1-2H3,(H,12,13)(H,14,15). The summed E-state index contributed by atoms with van der Waals surface area (Å²) in [6.45, 7) is 3.29. The highest BCUT2D eigenvalue weighted by molar-refractivity contribution is 5.92. The summed E-state index contributed by atoms with van der Waals surface area (Å²) in [7, 11) is 0. The third-order valence-electron chi connectivity index (χ3n) is 2.04. The number of benzene rings is 1. The van der Waals surface area contributed by atoms with Crippen molar-refractivity contribution >= 4 is 17.6 Å². The molecule has 0 radical (unpaired) electrons. The van der Waals surface area contributed by atoms with E-state index >= 15 is 0 Å². The maximum Gasteiger partial charge on any atom is 0.335 e. The molecule has 0 aromatic heterocycles. The Kier molecular flexibility index (Phi) is 3.44. The number of carboxylic acids is 1. The predicted octanol–water partition coefficient (Wildman–Crippen LogP) is 1.91. The van der Waals surface area contributed by atoms with E-state index in [9.17, 15) is 9.59 Å². The maximum atomic E-state index is 10.8. The Morgan fingerprint density at radius 2 is 2.07 bits per heavy atom. The van der Waals surface area contributed by atoms with Crippen molar-refractivity contribution in [2.24, 2.45) is 0 Å². The van der Waals surface area contributed by atoms with E-state index < -0.39 is 5.97 Å². The van der Waals surface area contributed by atoms with Crippen LogP contribution < -0.4 is 5.32 Å². The van der Waals surface area contributed by atoms with Gasteiger partial charge in [-0.2, -0.15) is 0 Å². The summed E-state index contributed by atoms with van der Waals surface area (Å²) in [5.41, 5.74) is 1.63. The van der Waals surface area contributed by atoms with E-state index in [2.05, 4.69) is 5.32 Å². The molecule has 0 bridgehead atoms. The van der Waals surface area contributed by atoms with Crippen LogP contribution in [0.2, 0.25) is 0 Å². The molecular weight excluding hydrogens is 194 g/mol. The highest BCUT2D eigenvalue weighted by atomic mass is 16.4. The fourth-order valence-electron chi connectivity index (χ4n) is 1.38. The van der Waals surface area contributed by atoms with Crippen LogP contribution >= 0.6 is 0 Å². The van der Waals surface area contributed by atoms with E-state index in [0.29, 0.717) is 17.7 Å². The van der Waals surface area contributed by atoms with Gasteiger partial charge in [-0.1, -0.05) is 6.92 Å². The molecule has 0 aliphatic carbocycles. The summed E-state index contributed by atoms with van der Waals surface area (Å²) in [6, 6.07) is 4.78. The number of hydrogen-bond donors (Lipinski definition) is 2. The highest BCUT2D eigenvalue weighted by Gasteiger charge is 2.09. The van der Waals surface area contributed by atoms with Crippen LogP contribution in [0.3, 0.4) is 0 Å². The van der Waals surface area contributed by atoms with Gasteiger partial charge in [0.05, 0.1) is 5.56 Å². The number of anilines is 1. The number of carboxylic acid groups (broad SMARTS) is 1. The number of aryl methyl sites for hydroxylation is 1. The van der Waals surface area contributed by atoms with Gasteiger partial charge >= 0.3 is 5.97 Å². The van der Waals surface area contributed by atoms with Crippen molar-refractivity contribution < 1.29 is 14.7 Å². The molecule has 4 nitrogen and oxygen atoms in total. The molecule has 0 unspecified atom stereocenters. The fraction of sp³-hybridized carbons (Fsp3) is 0.273. The minimum Gasteiger partial charge on any atom is -0.478 e. The monoisotopic (exact) mass is 207 g/mol. The topological polar surface area (TPSA) is 66.4 Å². The molecule has 1 rings (SSSR count). The quantitative estimate of drug-likeness (QED) is 0.795. The Morgan fingerprint density at radius 1 is 1.40 bits per heavy atom. The zero-order valence-corrected chi connectivity index (χ0v) is 8.70. The predicted molar refractivity (Wildman–Crippen MR) is 57.1 cm³/mol. The van der Waals surface area contributed by atoms with Crippen LogP contribution in [0.25, 0.3) is 0 Å². The van der Waals surface area contributed by atoms with Crippen LogP contribution in [0.5, 0.6) is 0 Å². The van der Waals surface area contributed by atoms with Crippen LogP contribution in [0, 0.1) is 0 Å². The van der Waals surface area contributed by atoms with Gasteiger partial charge < -0.3 is 10.4 Å². The molecule has 0 aliphatic rings. The first-order valence-corrected chi connectivity index (χ1v) is 4.68. The average Bonchev–Trinajstić information content (AvgIpc) is 2.16. The number of carbonyl (C=O) groups is 2. The van der Waals surface area contributed by atoms with Crippen molar-refractivity contribution in [1.82, 2.24) is 0 Å². The van der Waals surface area contributed by atoms with Gasteiger partial charge in [-0.25, -0.2) is 4.79 Å². The maximum absolute atomic E-state index is 10.8. The molecule has 0 spiro atoms. The van der Waals surface area contributed by atoms with E-state index in [0.717, 1.165) is 0 Å². The van der Waals surface area contributed by atoms with Crippen molar-refractivity contribution in [2.75, 3.05) is 5.32 Å². The summed E-state index contributed by atoms with van der Waals surface area (Å²) in [4.78, 5) is 21.6. The number of carbonyl (C=O) groups excluding carboxylic acids is 1. The molecule has 0 saturated heterocycles. The Morgan fingerprint density at radius 3 is 2.53 bits per heavy atom. The lowest BCUT2D eigenvalue weighted by molar-refractivity contribution is -0.114. The molecule has 2 N–H and O–H groups in total. The number of aromatic carboxylic acids is 1. The molecule has 0 aliphatic heterocycles. The number of rotatable bonds is 3. The van der Waals surface area contributed by atoms with Gasteiger partial charge in [0.15, 0.2) is 0 Å². The zero-order valence-electron chi connectivity index (χ0n) is 8.70. The van der Waals surface area contributed by atoms with Gasteiger partial charge in [-0.15, -0.1) is 0 Å². The van der Waals surface area contributed by atoms with Gasteiger partial charge in [0, 0.05) is 12.6 Å². The smallest absolute Gasteiger partial charge is 0.335 e. The van der Waals surface area contributed by atoms with E-state index in [1.807, 2.05) is 6.92 Å². The average molecular weight is 207 g/mol. The first-order chi connectivity index (χ1) is 7.04. The Labute approximate surface area is 87.9 Å².